The van der Waals surface area contributed by atoms with Crippen molar-refractivity contribution >= 4 is 49.4 Å². The number of ether oxygens (including phenoxy) is 1. The molecule has 0 bridgehead atoms. The Morgan fingerprint density at radius 1 is 1.15 bits per heavy atom. The molecule has 0 unspecified atom stereocenters. The Hall–Kier alpha value is -1.13. The van der Waals surface area contributed by atoms with Crippen LogP contribution >= 0.6 is 11.8 Å². The summed E-state index contributed by atoms with van der Waals surface area (Å²) in [5, 5.41) is 8.86. The molecule has 1 aliphatic heterocycles. The number of carbonyl (C=O) groups is 4. The van der Waals surface area contributed by atoms with Gasteiger partial charge in [-0.3, -0.25) is 0 Å². The molecule has 0 saturated carbocycles. The van der Waals surface area contributed by atoms with Crippen LogP contribution in [0.25, 0.3) is 0 Å². The molecule has 1 rings (SSSR count). The van der Waals surface area contributed by atoms with E-state index in [9.17, 15) is 19.2 Å². The van der Waals surface area contributed by atoms with Gasteiger partial charge in [0, 0.05) is 0 Å². The molecule has 1 fully saturated rings. The van der Waals surface area contributed by atoms with Crippen molar-refractivity contribution in [3.8, 4) is 0 Å². The van der Waals surface area contributed by atoms with Gasteiger partial charge in [0.05, 0.1) is 0 Å². The minimum absolute atomic E-state index is 0.0188. The first-order valence-electron chi connectivity index (χ1n) is 11.5. The molecule has 5 atom stereocenters. The Balaban J connectivity index is 2.82. The number of hydrogen-bond donors (Lipinski definition) is 4. The van der Waals surface area contributed by atoms with E-state index in [-0.39, 0.29) is 34.4 Å². The van der Waals surface area contributed by atoms with Gasteiger partial charge in [0.2, 0.25) is 0 Å². The van der Waals surface area contributed by atoms with Gasteiger partial charge in [-0.25, -0.2) is 0 Å². The molecule has 2 amide bonds. The summed E-state index contributed by atoms with van der Waals surface area (Å²) < 4.78 is 7.84. The Kier molecular flexibility index (Phi) is 14.2. The Labute approximate surface area is 208 Å². The average molecular weight is 552 g/mol. The van der Waals surface area contributed by atoms with Crippen molar-refractivity contribution in [3.05, 3.63) is 0 Å². The molecule has 0 aliphatic carbocycles. The summed E-state index contributed by atoms with van der Waals surface area (Å²) in [7, 11) is 1.29. The van der Waals surface area contributed by atoms with E-state index in [4.69, 9.17) is 4.74 Å². The zero-order chi connectivity index (χ0) is 25.0. The number of esters is 1. The van der Waals surface area contributed by atoms with Gasteiger partial charge in [0.1, 0.15) is 0 Å². The van der Waals surface area contributed by atoms with Crippen molar-refractivity contribution < 1.29 is 23.9 Å². The van der Waals surface area contributed by atoms with Gasteiger partial charge in [0.15, 0.2) is 0 Å². The molecule has 11 heteroatoms. The maximum atomic E-state index is 13.1. The Bertz CT molecular complexity index is 661. The molecule has 0 aromatic carbocycles. The summed E-state index contributed by atoms with van der Waals surface area (Å²) in [5.41, 5.74) is 0. The van der Waals surface area contributed by atoms with Crippen molar-refractivity contribution in [1.29, 1.82) is 0 Å². The van der Waals surface area contributed by atoms with Gasteiger partial charge >= 0.3 is 209 Å². The van der Waals surface area contributed by atoms with E-state index < -0.39 is 39.3 Å². The topological polar surface area (TPSA) is 126 Å². The third kappa shape index (κ3) is 9.94. The zero-order valence-corrected chi connectivity index (χ0v) is 23.1. The normalized spacial score (nSPS) is 19.4. The van der Waals surface area contributed by atoms with Gasteiger partial charge < -0.3 is 0 Å². The molecule has 0 spiro atoms. The molecular formula is C22H40N4O5SSe. The van der Waals surface area contributed by atoms with Crippen LogP contribution in [0, 0.1) is 11.8 Å². The summed E-state index contributed by atoms with van der Waals surface area (Å²) in [6.45, 7) is 8.40. The monoisotopic (exact) mass is 552 g/mol. The van der Waals surface area contributed by atoms with Crippen molar-refractivity contribution in [2.24, 2.45) is 11.8 Å². The molecule has 0 aromatic rings. The number of thioether (sulfide) groups is 1. The van der Waals surface area contributed by atoms with Gasteiger partial charge in [-0.2, -0.15) is 0 Å². The quantitative estimate of drug-likeness (QED) is 0.171. The summed E-state index contributed by atoms with van der Waals surface area (Å²) in [6.07, 6.45) is 4.92. The van der Waals surface area contributed by atoms with Crippen LogP contribution in [0.15, 0.2) is 0 Å². The summed E-state index contributed by atoms with van der Waals surface area (Å²) in [6, 6.07) is -2.22. The van der Waals surface area contributed by atoms with E-state index in [0.717, 1.165) is 31.6 Å². The fourth-order valence-corrected chi connectivity index (χ4v) is 5.74. The van der Waals surface area contributed by atoms with E-state index in [1.54, 1.807) is 11.8 Å². The first-order chi connectivity index (χ1) is 15.7. The standard InChI is InChI=1S/C22H40N4O5SSe/c1-7-14(4)18(25-19(27)15-9-8-11-23-15)22(30)33-26-16(10-12-32-6)20(28)24-17(13(2)3)21(29)31-5/h13-18,23,26H,7-12H2,1-6H3,(H,24,28)(H,25,27)/t14-,15-,16-,17-,18-/m0/s1. The van der Waals surface area contributed by atoms with Crippen LogP contribution in [-0.4, -0.2) is 87.5 Å². The molecule has 0 aromatic heterocycles. The molecule has 9 nitrogen and oxygen atoms in total. The molecule has 1 saturated heterocycles. The van der Waals surface area contributed by atoms with E-state index in [1.165, 1.54) is 7.11 Å². The number of carbonyl (C=O) groups excluding carboxylic acids is 4. The summed E-state index contributed by atoms with van der Waals surface area (Å²) >= 11 is 0.883. The van der Waals surface area contributed by atoms with E-state index in [0.29, 0.717) is 6.42 Å². The van der Waals surface area contributed by atoms with Crippen molar-refractivity contribution in [2.75, 3.05) is 25.7 Å². The Morgan fingerprint density at radius 3 is 2.36 bits per heavy atom. The van der Waals surface area contributed by atoms with Gasteiger partial charge in [-0.05, 0) is 0 Å². The maximum absolute atomic E-state index is 13.1. The second kappa shape index (κ2) is 15.7. The molecule has 1 heterocycles. The number of amides is 2. The van der Waals surface area contributed by atoms with Crippen LogP contribution in [0.1, 0.15) is 53.4 Å². The first-order valence-corrected chi connectivity index (χ1v) is 14.6. The first kappa shape index (κ1) is 29.9. The predicted molar refractivity (Wildman–Crippen MR) is 132 cm³/mol. The van der Waals surface area contributed by atoms with Crippen molar-refractivity contribution in [1.82, 2.24) is 20.3 Å². The fourth-order valence-electron chi connectivity index (χ4n) is 3.38. The molecule has 4 N–H and O–H groups in total. The van der Waals surface area contributed by atoms with Crippen LogP contribution in [-0.2, 0) is 23.9 Å². The van der Waals surface area contributed by atoms with E-state index in [2.05, 4.69) is 20.3 Å². The van der Waals surface area contributed by atoms with Crippen LogP contribution in [0.4, 0.5) is 0 Å². The predicted octanol–water partition coefficient (Wildman–Crippen LogP) is 0.440. The van der Waals surface area contributed by atoms with Crippen molar-refractivity contribution in [3.63, 3.8) is 0 Å². The third-order valence-electron chi connectivity index (χ3n) is 5.79. The fraction of sp³-hybridized carbons (Fsp3) is 0.818. The molecule has 0 radical (unpaired) electrons. The molecular weight excluding hydrogens is 511 g/mol. The number of methoxy groups -OCH3 is 1. The number of rotatable bonds is 15. The minimum atomic E-state index is -0.754. The van der Waals surface area contributed by atoms with Gasteiger partial charge in [-0.15, -0.1) is 0 Å². The SMILES string of the molecule is CC[C@H](C)[C@H](NC(=O)[C@@H]1CCCN1)C(=O)[Se]N[C@@H](CCSC)C(=O)N[C@H](C(=O)OC)C(C)C. The van der Waals surface area contributed by atoms with Gasteiger partial charge in [0.25, 0.3) is 0 Å². The summed E-state index contributed by atoms with van der Waals surface area (Å²) in [4.78, 5) is 50.7. The van der Waals surface area contributed by atoms with E-state index in [1.807, 2.05) is 34.0 Å². The molecule has 190 valence electrons. The van der Waals surface area contributed by atoms with Crippen LogP contribution < -0.4 is 20.3 Å². The summed E-state index contributed by atoms with van der Waals surface area (Å²) in [5.74, 6) is -0.403. The molecule has 1 aliphatic rings. The van der Waals surface area contributed by atoms with E-state index >= 15 is 0 Å². The third-order valence-corrected chi connectivity index (χ3v) is 8.23. The average Bonchev–Trinajstić information content (AvgIpc) is 3.34. The molecule has 33 heavy (non-hydrogen) atoms. The van der Waals surface area contributed by atoms with Crippen LogP contribution in [0.5, 0.6) is 0 Å². The Morgan fingerprint density at radius 2 is 1.85 bits per heavy atom. The second-order valence-corrected chi connectivity index (χ2v) is 11.4. The van der Waals surface area contributed by atoms with Crippen molar-refractivity contribution in [2.45, 2.75) is 77.5 Å². The number of nitrogens with one attached hydrogen (secondary N) is 4. The second-order valence-electron chi connectivity index (χ2n) is 8.65. The van der Waals surface area contributed by atoms with Crippen LogP contribution in [0.3, 0.4) is 0 Å². The number of hydrogen-bond acceptors (Lipinski definition) is 8. The van der Waals surface area contributed by atoms with Crippen LogP contribution in [0.2, 0.25) is 0 Å². The van der Waals surface area contributed by atoms with Gasteiger partial charge in [-0.1, -0.05) is 0 Å². The zero-order valence-electron chi connectivity index (χ0n) is 20.6.